The third-order valence-electron chi connectivity index (χ3n) is 2.16. The second-order valence-electron chi connectivity index (χ2n) is 2.96. The van der Waals surface area contributed by atoms with Crippen LogP contribution in [0.2, 0.25) is 0 Å². The number of aldehydes is 1. The summed E-state index contributed by atoms with van der Waals surface area (Å²) >= 11 is 0. The van der Waals surface area contributed by atoms with Crippen molar-refractivity contribution in [2.75, 3.05) is 13.2 Å². The lowest BCUT2D eigenvalue weighted by atomic mass is 9.95. The van der Waals surface area contributed by atoms with E-state index < -0.39 is 0 Å². The number of hydrogen-bond donors (Lipinski definition) is 1. The van der Waals surface area contributed by atoms with E-state index in [4.69, 9.17) is 9.53 Å². The Morgan fingerprint density at radius 3 is 3.08 bits per heavy atom. The number of aliphatic hydroxyl groups excluding tert-OH is 1. The molecule has 1 heterocycles. The molecule has 1 unspecified atom stereocenters. The highest BCUT2D eigenvalue weighted by Crippen LogP contribution is 2.21. The fraction of sp³-hybridized carbons (Fsp3) is 0.300. The molecule has 2 rings (SSSR count). The topological polar surface area (TPSA) is 31.5 Å². The summed E-state index contributed by atoms with van der Waals surface area (Å²) in [5.74, 6) is 0.145. The van der Waals surface area contributed by atoms with Gasteiger partial charge in [-0.1, -0.05) is 18.2 Å². The zero-order chi connectivity index (χ0) is 8.39. The van der Waals surface area contributed by atoms with E-state index in [9.17, 15) is 0 Å². The fourth-order valence-electron chi connectivity index (χ4n) is 1.48. The highest BCUT2D eigenvalue weighted by molar-refractivity contribution is 5.78. The van der Waals surface area contributed by atoms with Crippen LogP contribution in [-0.2, 0) is 0 Å². The largest absolute Gasteiger partial charge is 0.395 e. The van der Waals surface area contributed by atoms with Crippen molar-refractivity contribution < 1.29 is 9.53 Å². The molecule has 0 aliphatic carbocycles. The van der Waals surface area contributed by atoms with Crippen molar-refractivity contribution in [2.24, 2.45) is 0 Å². The van der Waals surface area contributed by atoms with Crippen LogP contribution in [0.3, 0.4) is 0 Å². The van der Waals surface area contributed by atoms with Gasteiger partial charge in [-0.2, -0.15) is 0 Å². The first kappa shape index (κ1) is 7.50. The minimum atomic E-state index is 0.145. The summed E-state index contributed by atoms with van der Waals surface area (Å²) in [6.07, 6.45) is 1.75. The third-order valence-corrected chi connectivity index (χ3v) is 2.16. The second-order valence-corrected chi connectivity index (χ2v) is 2.96. The maximum atomic E-state index is 9.04. The Bertz CT molecular complexity index is 304. The Morgan fingerprint density at radius 1 is 1.42 bits per heavy atom. The van der Waals surface area contributed by atoms with Gasteiger partial charge in [-0.15, -0.1) is 0 Å². The van der Waals surface area contributed by atoms with Crippen molar-refractivity contribution in [2.45, 2.75) is 5.92 Å². The number of carbonyl (C=O) groups excluding carboxylic acids is 1. The van der Waals surface area contributed by atoms with Crippen LogP contribution in [-0.4, -0.2) is 24.6 Å². The van der Waals surface area contributed by atoms with Gasteiger partial charge in [0, 0.05) is 0 Å². The summed E-state index contributed by atoms with van der Waals surface area (Å²) in [5.41, 5.74) is 2.27. The lowest BCUT2D eigenvalue weighted by molar-refractivity contribution is -0.274. The van der Waals surface area contributed by atoms with Crippen molar-refractivity contribution >= 4 is 6.29 Å². The summed E-state index contributed by atoms with van der Waals surface area (Å²) in [4.78, 5) is 0. The van der Waals surface area contributed by atoms with Gasteiger partial charge in [0.05, 0.1) is 18.1 Å². The molecule has 1 aliphatic heterocycles. The van der Waals surface area contributed by atoms with E-state index in [1.54, 1.807) is 6.29 Å². The average Bonchev–Trinajstić information content (AvgIpc) is 2.17. The van der Waals surface area contributed by atoms with Gasteiger partial charge in [0.25, 0.3) is 6.61 Å². The molecule has 1 atom stereocenters. The average molecular weight is 163 g/mol. The standard InChI is InChI=1S/C10H11O2/c11-5-9-7-12-6-8-3-1-2-4-10(8)9/h1-4,6,9,11H,5,7H2/q+1. The molecule has 0 bridgehead atoms. The molecule has 12 heavy (non-hydrogen) atoms. The first-order valence-corrected chi connectivity index (χ1v) is 4.06. The molecule has 0 saturated heterocycles. The van der Waals surface area contributed by atoms with Crippen molar-refractivity contribution in [3.05, 3.63) is 35.4 Å². The van der Waals surface area contributed by atoms with Crippen LogP contribution in [0.25, 0.3) is 0 Å². The molecule has 1 N–H and O–H groups in total. The van der Waals surface area contributed by atoms with Gasteiger partial charge in [0.15, 0.2) is 0 Å². The number of aliphatic hydroxyl groups is 1. The van der Waals surface area contributed by atoms with Gasteiger partial charge in [0.2, 0.25) is 0 Å². The SMILES string of the molecule is OCC1C[O+]=Cc2ccccc21. The maximum Gasteiger partial charge on any atom is 0.315 e. The summed E-state index contributed by atoms with van der Waals surface area (Å²) in [5, 5.41) is 9.04. The minimum absolute atomic E-state index is 0.145. The van der Waals surface area contributed by atoms with Crippen LogP contribution in [0.5, 0.6) is 0 Å². The molecule has 1 aromatic carbocycles. The summed E-state index contributed by atoms with van der Waals surface area (Å²) in [6.45, 7) is 0.748. The smallest absolute Gasteiger partial charge is 0.315 e. The first-order valence-electron chi connectivity index (χ1n) is 4.06. The van der Waals surface area contributed by atoms with Crippen LogP contribution in [0.1, 0.15) is 21.5 Å². The molecule has 0 radical (unpaired) electrons. The van der Waals surface area contributed by atoms with Crippen molar-refractivity contribution in [1.82, 2.24) is 0 Å². The van der Waals surface area contributed by atoms with Crippen LogP contribution >= 0.6 is 0 Å². The van der Waals surface area contributed by atoms with Crippen molar-refractivity contribution in [3.63, 3.8) is 0 Å². The zero-order valence-electron chi connectivity index (χ0n) is 6.73. The molecular formula is C10H11O2+. The van der Waals surface area contributed by atoms with E-state index in [0.29, 0.717) is 6.61 Å². The van der Waals surface area contributed by atoms with Crippen molar-refractivity contribution in [3.8, 4) is 0 Å². The molecule has 2 nitrogen and oxygen atoms in total. The third kappa shape index (κ3) is 1.14. The highest BCUT2D eigenvalue weighted by atomic mass is 16.4. The highest BCUT2D eigenvalue weighted by Gasteiger charge is 2.23. The Kier molecular flexibility index (Phi) is 1.92. The van der Waals surface area contributed by atoms with Crippen LogP contribution < -0.4 is 0 Å². The lowest BCUT2D eigenvalue weighted by Gasteiger charge is -2.11. The van der Waals surface area contributed by atoms with Crippen LogP contribution in [0.4, 0.5) is 0 Å². The normalized spacial score (nSPS) is 20.6. The van der Waals surface area contributed by atoms with Gasteiger partial charge in [0.1, 0.15) is 0 Å². The Hall–Kier alpha value is -1.15. The first-order chi connectivity index (χ1) is 5.92. The van der Waals surface area contributed by atoms with Gasteiger partial charge < -0.3 is 5.11 Å². The monoisotopic (exact) mass is 163 g/mol. The number of fused-ring (bicyclic) bond motifs is 1. The van der Waals surface area contributed by atoms with Crippen LogP contribution in [0.15, 0.2) is 24.3 Å². The lowest BCUT2D eigenvalue weighted by Crippen LogP contribution is -2.14. The molecule has 1 aliphatic rings. The summed E-state index contributed by atoms with van der Waals surface area (Å²) in [6, 6.07) is 7.99. The molecule has 2 heteroatoms. The van der Waals surface area contributed by atoms with Crippen LogP contribution in [0, 0.1) is 0 Å². The zero-order valence-corrected chi connectivity index (χ0v) is 6.73. The van der Waals surface area contributed by atoms with Gasteiger partial charge in [-0.25, -0.2) is 0 Å². The van der Waals surface area contributed by atoms with Gasteiger partial charge in [-0.05, 0) is 11.6 Å². The molecule has 0 spiro atoms. The summed E-state index contributed by atoms with van der Waals surface area (Å²) in [7, 11) is 0. The Labute approximate surface area is 71.2 Å². The molecule has 0 fully saturated rings. The van der Waals surface area contributed by atoms with E-state index in [-0.39, 0.29) is 12.5 Å². The fourth-order valence-corrected chi connectivity index (χ4v) is 1.48. The maximum absolute atomic E-state index is 9.04. The van der Waals surface area contributed by atoms with E-state index in [0.717, 1.165) is 5.56 Å². The molecule has 0 aromatic heterocycles. The molecule has 0 saturated carbocycles. The predicted molar refractivity (Wildman–Crippen MR) is 46.5 cm³/mol. The van der Waals surface area contributed by atoms with E-state index in [1.165, 1.54) is 5.56 Å². The van der Waals surface area contributed by atoms with Crippen molar-refractivity contribution in [1.29, 1.82) is 0 Å². The van der Waals surface area contributed by atoms with E-state index in [2.05, 4.69) is 0 Å². The quantitative estimate of drug-likeness (QED) is 0.488. The van der Waals surface area contributed by atoms with E-state index in [1.807, 2.05) is 24.3 Å². The minimum Gasteiger partial charge on any atom is -0.395 e. The molecule has 0 amide bonds. The second kappa shape index (κ2) is 3.07. The number of rotatable bonds is 1. The molecular weight excluding hydrogens is 152 g/mol. The molecule has 1 aromatic rings. The number of hydrogen-bond acceptors (Lipinski definition) is 1. The summed E-state index contributed by atoms with van der Waals surface area (Å²) < 4.78 is 5.21. The predicted octanol–water partition coefficient (Wildman–Crippen LogP) is 1.12. The Balaban J connectivity index is 2.45. The van der Waals surface area contributed by atoms with Gasteiger partial charge >= 0.3 is 6.29 Å². The molecule has 62 valence electrons. The Morgan fingerprint density at radius 2 is 2.25 bits per heavy atom. The van der Waals surface area contributed by atoms with E-state index >= 15 is 0 Å². The number of benzene rings is 1. The van der Waals surface area contributed by atoms with Gasteiger partial charge in [-0.3, -0.25) is 4.42 Å².